The van der Waals surface area contributed by atoms with E-state index >= 15 is 0 Å². The van der Waals surface area contributed by atoms with Gasteiger partial charge in [-0.15, -0.1) is 0 Å². The smallest absolute Gasteiger partial charge is 0.282 e. The summed E-state index contributed by atoms with van der Waals surface area (Å²) >= 11 is 0. The summed E-state index contributed by atoms with van der Waals surface area (Å²) in [6.45, 7) is 3.93. The SMILES string of the molecule is Cc1ccc(C2=C(N(C)CCO)C(=O)N(c3cccc(F)c3)C2=O)cc1C. The summed E-state index contributed by atoms with van der Waals surface area (Å²) in [6, 6.07) is 10.9. The molecule has 0 fully saturated rings. The van der Waals surface area contributed by atoms with Gasteiger partial charge in [0.05, 0.1) is 17.9 Å². The van der Waals surface area contributed by atoms with Gasteiger partial charge < -0.3 is 10.0 Å². The molecule has 0 aromatic heterocycles. The maximum absolute atomic E-state index is 13.7. The van der Waals surface area contributed by atoms with Gasteiger partial charge in [0.15, 0.2) is 0 Å². The van der Waals surface area contributed by atoms with E-state index in [9.17, 15) is 19.1 Å². The number of carbonyl (C=O) groups excluding carboxylic acids is 2. The molecule has 1 heterocycles. The fourth-order valence-corrected chi connectivity index (χ4v) is 3.14. The van der Waals surface area contributed by atoms with Crippen LogP contribution in [0.15, 0.2) is 48.2 Å². The van der Waals surface area contributed by atoms with Gasteiger partial charge in [-0.3, -0.25) is 9.59 Å². The van der Waals surface area contributed by atoms with E-state index in [4.69, 9.17) is 0 Å². The molecule has 2 aromatic carbocycles. The Kier molecular flexibility index (Phi) is 5.10. The first-order valence-corrected chi connectivity index (χ1v) is 8.63. The first kappa shape index (κ1) is 18.8. The summed E-state index contributed by atoms with van der Waals surface area (Å²) in [5.41, 5.74) is 3.32. The number of anilines is 1. The number of aliphatic hydroxyl groups excluding tert-OH is 1. The van der Waals surface area contributed by atoms with Gasteiger partial charge in [0.25, 0.3) is 11.8 Å². The number of imide groups is 1. The Morgan fingerprint density at radius 2 is 1.78 bits per heavy atom. The van der Waals surface area contributed by atoms with E-state index in [1.807, 2.05) is 26.0 Å². The van der Waals surface area contributed by atoms with Crippen molar-refractivity contribution >= 4 is 23.1 Å². The minimum absolute atomic E-state index is 0.165. The molecule has 6 heteroatoms. The molecule has 0 saturated carbocycles. The molecule has 0 radical (unpaired) electrons. The van der Waals surface area contributed by atoms with Crippen molar-refractivity contribution in [1.82, 2.24) is 4.90 Å². The van der Waals surface area contributed by atoms with Crippen molar-refractivity contribution in [1.29, 1.82) is 0 Å². The topological polar surface area (TPSA) is 60.9 Å². The van der Waals surface area contributed by atoms with Crippen LogP contribution < -0.4 is 4.90 Å². The lowest BCUT2D eigenvalue weighted by Crippen LogP contribution is -2.34. The third-order valence-electron chi connectivity index (χ3n) is 4.74. The van der Waals surface area contributed by atoms with Gasteiger partial charge in [-0.2, -0.15) is 0 Å². The molecule has 0 unspecified atom stereocenters. The zero-order valence-corrected chi connectivity index (χ0v) is 15.5. The highest BCUT2D eigenvalue weighted by Crippen LogP contribution is 2.35. The van der Waals surface area contributed by atoms with Crippen LogP contribution in [-0.4, -0.2) is 42.0 Å². The fourth-order valence-electron chi connectivity index (χ4n) is 3.14. The highest BCUT2D eigenvalue weighted by Gasteiger charge is 2.41. The van der Waals surface area contributed by atoms with Gasteiger partial charge in [0.1, 0.15) is 11.5 Å². The van der Waals surface area contributed by atoms with E-state index < -0.39 is 17.6 Å². The highest BCUT2D eigenvalue weighted by molar-refractivity contribution is 6.45. The van der Waals surface area contributed by atoms with Crippen molar-refractivity contribution in [3.05, 3.63) is 70.7 Å². The van der Waals surface area contributed by atoms with Crippen LogP contribution in [0, 0.1) is 19.7 Å². The number of hydrogen-bond acceptors (Lipinski definition) is 4. The number of halogens is 1. The quantitative estimate of drug-likeness (QED) is 0.825. The predicted octanol–water partition coefficient (Wildman–Crippen LogP) is 2.65. The third-order valence-corrected chi connectivity index (χ3v) is 4.74. The summed E-state index contributed by atoms with van der Waals surface area (Å²) in [5.74, 6) is -1.57. The Labute approximate surface area is 157 Å². The second kappa shape index (κ2) is 7.32. The average Bonchev–Trinajstić information content (AvgIpc) is 2.88. The van der Waals surface area contributed by atoms with Crippen LogP contribution in [0.2, 0.25) is 0 Å². The van der Waals surface area contributed by atoms with Crippen LogP contribution in [0.3, 0.4) is 0 Å². The molecule has 0 atom stereocenters. The van der Waals surface area contributed by atoms with Gasteiger partial charge >= 0.3 is 0 Å². The van der Waals surface area contributed by atoms with Crippen molar-refractivity contribution in [2.45, 2.75) is 13.8 Å². The Hall–Kier alpha value is -2.99. The Balaban J connectivity index is 2.16. The molecule has 5 nitrogen and oxygen atoms in total. The van der Waals surface area contributed by atoms with E-state index in [1.54, 1.807) is 18.0 Å². The lowest BCUT2D eigenvalue weighted by atomic mass is 9.99. The molecule has 2 amide bonds. The minimum Gasteiger partial charge on any atom is -0.395 e. The van der Waals surface area contributed by atoms with Gasteiger partial charge in [-0.05, 0) is 48.7 Å². The molecule has 0 aliphatic carbocycles. The van der Waals surface area contributed by atoms with Crippen molar-refractivity contribution in [3.63, 3.8) is 0 Å². The molecule has 140 valence electrons. The highest BCUT2D eigenvalue weighted by atomic mass is 19.1. The predicted molar refractivity (Wildman–Crippen MR) is 101 cm³/mol. The number of aliphatic hydroxyl groups is 1. The van der Waals surface area contributed by atoms with Crippen molar-refractivity contribution in [2.75, 3.05) is 25.1 Å². The Morgan fingerprint density at radius 3 is 2.41 bits per heavy atom. The van der Waals surface area contributed by atoms with E-state index in [0.717, 1.165) is 22.1 Å². The maximum Gasteiger partial charge on any atom is 0.282 e. The molecule has 1 aliphatic rings. The maximum atomic E-state index is 13.7. The molecule has 0 bridgehead atoms. The van der Waals surface area contributed by atoms with E-state index in [-0.39, 0.29) is 30.1 Å². The van der Waals surface area contributed by atoms with Crippen LogP contribution in [0.4, 0.5) is 10.1 Å². The van der Waals surface area contributed by atoms with Crippen molar-refractivity contribution in [3.8, 4) is 0 Å². The average molecular weight is 368 g/mol. The molecular weight excluding hydrogens is 347 g/mol. The number of aryl methyl sites for hydroxylation is 2. The minimum atomic E-state index is -0.533. The molecule has 0 saturated heterocycles. The first-order valence-electron chi connectivity index (χ1n) is 8.63. The third kappa shape index (κ3) is 3.36. The number of likely N-dealkylation sites (N-methyl/N-ethyl adjacent to an activating group) is 1. The van der Waals surface area contributed by atoms with Gasteiger partial charge in [0.2, 0.25) is 0 Å². The van der Waals surface area contributed by atoms with Gasteiger partial charge in [0, 0.05) is 13.6 Å². The van der Waals surface area contributed by atoms with Crippen LogP contribution in [0.25, 0.3) is 5.57 Å². The van der Waals surface area contributed by atoms with Crippen molar-refractivity contribution in [2.24, 2.45) is 0 Å². The normalized spacial score (nSPS) is 14.3. The lowest BCUT2D eigenvalue weighted by Gasteiger charge is -2.20. The number of rotatable bonds is 5. The molecule has 27 heavy (non-hydrogen) atoms. The zero-order valence-electron chi connectivity index (χ0n) is 15.5. The summed E-state index contributed by atoms with van der Waals surface area (Å²) in [7, 11) is 1.65. The second-order valence-electron chi connectivity index (χ2n) is 6.59. The molecule has 2 aromatic rings. The fraction of sp³-hybridized carbons (Fsp3) is 0.238. The van der Waals surface area contributed by atoms with E-state index in [2.05, 4.69) is 0 Å². The number of carbonyl (C=O) groups is 2. The largest absolute Gasteiger partial charge is 0.395 e. The monoisotopic (exact) mass is 368 g/mol. The van der Waals surface area contributed by atoms with Crippen LogP contribution in [0.5, 0.6) is 0 Å². The Bertz CT molecular complexity index is 952. The summed E-state index contributed by atoms with van der Waals surface area (Å²) < 4.78 is 13.7. The van der Waals surface area contributed by atoms with Crippen LogP contribution in [-0.2, 0) is 9.59 Å². The Morgan fingerprint density at radius 1 is 1.04 bits per heavy atom. The summed E-state index contributed by atoms with van der Waals surface area (Å²) in [4.78, 5) is 28.8. The van der Waals surface area contributed by atoms with Crippen LogP contribution in [0.1, 0.15) is 16.7 Å². The summed E-state index contributed by atoms with van der Waals surface area (Å²) in [6.07, 6.45) is 0. The molecule has 1 N–H and O–H groups in total. The standard InChI is InChI=1S/C21H21FN2O3/c1-13-7-8-15(11-14(13)2)18-19(23(3)9-10-25)21(27)24(20(18)26)17-6-4-5-16(22)12-17/h4-8,11-12,25H,9-10H2,1-3H3. The molecule has 3 rings (SSSR count). The summed E-state index contributed by atoms with van der Waals surface area (Å²) in [5, 5.41) is 9.28. The number of amides is 2. The number of hydrogen-bond donors (Lipinski definition) is 1. The number of benzene rings is 2. The molecule has 0 spiro atoms. The zero-order chi connectivity index (χ0) is 19.7. The van der Waals surface area contributed by atoms with Crippen molar-refractivity contribution < 1.29 is 19.1 Å². The van der Waals surface area contributed by atoms with E-state index in [0.29, 0.717) is 5.56 Å². The molecular formula is C21H21FN2O3. The van der Waals surface area contributed by atoms with Gasteiger partial charge in [-0.1, -0.05) is 24.3 Å². The lowest BCUT2D eigenvalue weighted by molar-refractivity contribution is -0.120. The van der Waals surface area contributed by atoms with Crippen LogP contribution >= 0.6 is 0 Å². The number of nitrogens with zero attached hydrogens (tertiary/aromatic N) is 2. The molecule has 1 aliphatic heterocycles. The first-order chi connectivity index (χ1) is 12.8. The van der Waals surface area contributed by atoms with Gasteiger partial charge in [-0.25, -0.2) is 9.29 Å². The van der Waals surface area contributed by atoms with E-state index in [1.165, 1.54) is 18.2 Å². The second-order valence-corrected chi connectivity index (χ2v) is 6.59.